The zero-order valence-corrected chi connectivity index (χ0v) is 15.5. The Labute approximate surface area is 142 Å². The average molecular weight is 328 g/mol. The third kappa shape index (κ3) is 12.1. The van der Waals surface area contributed by atoms with Gasteiger partial charge in [-0.15, -0.1) is 0 Å². The van der Waals surface area contributed by atoms with Crippen molar-refractivity contribution in [3.63, 3.8) is 0 Å². The minimum Gasteiger partial charge on any atom is -0.480 e. The van der Waals surface area contributed by atoms with E-state index in [0.29, 0.717) is 6.42 Å². The van der Waals surface area contributed by atoms with Gasteiger partial charge in [0.1, 0.15) is 6.04 Å². The van der Waals surface area contributed by atoms with Crippen LogP contribution in [0.25, 0.3) is 0 Å². The second kappa shape index (κ2) is 14.5. The zero-order chi connectivity index (χ0) is 17.5. The fraction of sp³-hybridized carbons (Fsp3) is 0.895. The summed E-state index contributed by atoms with van der Waals surface area (Å²) >= 11 is 0. The number of amides is 1. The molecule has 0 aliphatic heterocycles. The third-order valence-electron chi connectivity index (χ3n) is 4.58. The summed E-state index contributed by atoms with van der Waals surface area (Å²) in [6.45, 7) is 3.66. The zero-order valence-electron chi connectivity index (χ0n) is 15.5. The molecule has 0 aromatic carbocycles. The van der Waals surface area contributed by atoms with E-state index >= 15 is 0 Å². The lowest BCUT2D eigenvalue weighted by atomic mass is 10.0. The average Bonchev–Trinajstić information content (AvgIpc) is 2.51. The van der Waals surface area contributed by atoms with Crippen LogP contribution in [-0.4, -0.2) is 35.0 Å². The lowest BCUT2D eigenvalue weighted by Gasteiger charge is -2.23. The number of likely N-dealkylation sites (N-methyl/N-ethyl adjacent to an activating group) is 1. The van der Waals surface area contributed by atoms with Crippen molar-refractivity contribution in [1.29, 1.82) is 0 Å². The SMILES string of the molecule is CCCCCCCCCCCCCCC(C(=O)O)N(C)C(C)=O. The number of carboxylic acids is 1. The minimum absolute atomic E-state index is 0.184. The van der Waals surface area contributed by atoms with Crippen LogP contribution in [0.3, 0.4) is 0 Å². The summed E-state index contributed by atoms with van der Waals surface area (Å²) in [5.41, 5.74) is 0. The number of carbonyl (C=O) groups is 2. The van der Waals surface area contributed by atoms with Crippen LogP contribution in [0.15, 0.2) is 0 Å². The summed E-state index contributed by atoms with van der Waals surface area (Å²) in [4.78, 5) is 23.8. The molecule has 0 saturated carbocycles. The van der Waals surface area contributed by atoms with Crippen molar-refractivity contribution >= 4 is 11.9 Å². The number of hydrogen-bond donors (Lipinski definition) is 1. The van der Waals surface area contributed by atoms with Gasteiger partial charge in [0.15, 0.2) is 0 Å². The van der Waals surface area contributed by atoms with Gasteiger partial charge in [0.25, 0.3) is 0 Å². The Kier molecular flexibility index (Phi) is 13.9. The molecular weight excluding hydrogens is 290 g/mol. The Hall–Kier alpha value is -1.06. The molecule has 4 heteroatoms. The fourth-order valence-electron chi connectivity index (χ4n) is 2.88. The number of carboxylic acid groups (broad SMARTS) is 1. The maximum atomic E-state index is 11.3. The van der Waals surface area contributed by atoms with Gasteiger partial charge in [-0.25, -0.2) is 4.79 Å². The Morgan fingerprint density at radius 1 is 0.826 bits per heavy atom. The molecule has 136 valence electrons. The van der Waals surface area contributed by atoms with Crippen LogP contribution in [0.5, 0.6) is 0 Å². The quantitative estimate of drug-likeness (QED) is 0.430. The van der Waals surface area contributed by atoms with Gasteiger partial charge in [-0.3, -0.25) is 4.79 Å². The largest absolute Gasteiger partial charge is 0.480 e. The highest BCUT2D eigenvalue weighted by atomic mass is 16.4. The number of carbonyl (C=O) groups excluding carboxylic acids is 1. The molecule has 4 nitrogen and oxygen atoms in total. The van der Waals surface area contributed by atoms with E-state index < -0.39 is 12.0 Å². The van der Waals surface area contributed by atoms with Crippen molar-refractivity contribution in [1.82, 2.24) is 4.90 Å². The molecule has 0 saturated heterocycles. The molecule has 0 fully saturated rings. The molecular formula is C19H37NO3. The Balaban J connectivity index is 3.50. The Bertz CT molecular complexity index is 318. The van der Waals surface area contributed by atoms with Crippen LogP contribution in [0, 0.1) is 0 Å². The standard InChI is InChI=1S/C19H37NO3/c1-4-5-6-7-8-9-10-11-12-13-14-15-16-18(19(22)23)20(3)17(2)21/h18H,4-16H2,1-3H3,(H,22,23). The predicted molar refractivity (Wildman–Crippen MR) is 95.6 cm³/mol. The van der Waals surface area contributed by atoms with Gasteiger partial charge in [0.05, 0.1) is 0 Å². The summed E-state index contributed by atoms with van der Waals surface area (Å²) in [7, 11) is 1.57. The minimum atomic E-state index is -0.897. The van der Waals surface area contributed by atoms with E-state index in [0.717, 1.165) is 12.8 Å². The van der Waals surface area contributed by atoms with Gasteiger partial charge in [-0.1, -0.05) is 84.0 Å². The van der Waals surface area contributed by atoms with E-state index in [1.165, 1.54) is 76.0 Å². The first kappa shape index (κ1) is 21.9. The van der Waals surface area contributed by atoms with Crippen molar-refractivity contribution < 1.29 is 14.7 Å². The van der Waals surface area contributed by atoms with E-state index in [1.54, 1.807) is 7.05 Å². The highest BCUT2D eigenvalue weighted by Crippen LogP contribution is 2.14. The second-order valence-electron chi connectivity index (χ2n) is 6.66. The topological polar surface area (TPSA) is 57.6 Å². The van der Waals surface area contributed by atoms with E-state index in [4.69, 9.17) is 0 Å². The molecule has 0 aromatic heterocycles. The monoisotopic (exact) mass is 327 g/mol. The van der Waals surface area contributed by atoms with Gasteiger partial charge in [0, 0.05) is 14.0 Å². The molecule has 0 aliphatic carbocycles. The second-order valence-corrected chi connectivity index (χ2v) is 6.66. The Morgan fingerprint density at radius 3 is 1.57 bits per heavy atom. The van der Waals surface area contributed by atoms with Crippen molar-refractivity contribution in [3.8, 4) is 0 Å². The van der Waals surface area contributed by atoms with Crippen LogP contribution in [-0.2, 0) is 9.59 Å². The van der Waals surface area contributed by atoms with Crippen molar-refractivity contribution in [2.24, 2.45) is 0 Å². The Morgan fingerprint density at radius 2 is 1.22 bits per heavy atom. The first-order valence-corrected chi connectivity index (χ1v) is 9.46. The van der Waals surface area contributed by atoms with Crippen LogP contribution < -0.4 is 0 Å². The predicted octanol–water partition coefficient (Wildman–Crippen LogP) is 5.01. The molecule has 0 rings (SSSR count). The molecule has 0 aliphatic rings. The van der Waals surface area contributed by atoms with Crippen molar-refractivity contribution in [2.75, 3.05) is 7.05 Å². The molecule has 0 heterocycles. The highest BCUT2D eigenvalue weighted by Gasteiger charge is 2.23. The summed E-state index contributed by atoms with van der Waals surface area (Å²) < 4.78 is 0. The molecule has 1 unspecified atom stereocenters. The number of nitrogens with zero attached hydrogens (tertiary/aromatic N) is 1. The van der Waals surface area contributed by atoms with Crippen LogP contribution in [0.4, 0.5) is 0 Å². The van der Waals surface area contributed by atoms with E-state index in [-0.39, 0.29) is 5.91 Å². The highest BCUT2D eigenvalue weighted by molar-refractivity contribution is 5.81. The van der Waals surface area contributed by atoms with Gasteiger partial charge in [-0.05, 0) is 6.42 Å². The molecule has 23 heavy (non-hydrogen) atoms. The first-order chi connectivity index (χ1) is 11.0. The number of unbranched alkanes of at least 4 members (excludes halogenated alkanes) is 11. The van der Waals surface area contributed by atoms with Gasteiger partial charge < -0.3 is 10.0 Å². The lowest BCUT2D eigenvalue weighted by molar-refractivity contribution is -0.148. The normalized spacial score (nSPS) is 12.1. The van der Waals surface area contributed by atoms with E-state index in [1.807, 2.05) is 0 Å². The smallest absolute Gasteiger partial charge is 0.326 e. The first-order valence-electron chi connectivity index (χ1n) is 9.46. The van der Waals surface area contributed by atoms with Crippen LogP contribution in [0.1, 0.15) is 97.3 Å². The van der Waals surface area contributed by atoms with E-state index in [9.17, 15) is 14.7 Å². The molecule has 0 spiro atoms. The van der Waals surface area contributed by atoms with Gasteiger partial charge in [0.2, 0.25) is 5.91 Å². The third-order valence-corrected chi connectivity index (χ3v) is 4.58. The van der Waals surface area contributed by atoms with Crippen molar-refractivity contribution in [3.05, 3.63) is 0 Å². The molecule has 0 aromatic rings. The van der Waals surface area contributed by atoms with Gasteiger partial charge in [-0.2, -0.15) is 0 Å². The summed E-state index contributed by atoms with van der Waals surface area (Å²) in [6.07, 6.45) is 15.7. The summed E-state index contributed by atoms with van der Waals surface area (Å²) in [5, 5.41) is 9.18. The summed E-state index contributed by atoms with van der Waals surface area (Å²) in [6, 6.07) is -0.671. The molecule has 1 atom stereocenters. The van der Waals surface area contributed by atoms with Crippen molar-refractivity contribution in [2.45, 2.75) is 103 Å². The molecule has 0 radical (unpaired) electrons. The molecule has 1 N–H and O–H groups in total. The number of aliphatic carboxylic acids is 1. The van der Waals surface area contributed by atoms with E-state index in [2.05, 4.69) is 6.92 Å². The number of rotatable bonds is 15. The van der Waals surface area contributed by atoms with Crippen LogP contribution in [0.2, 0.25) is 0 Å². The van der Waals surface area contributed by atoms with Gasteiger partial charge >= 0.3 is 5.97 Å². The number of hydrogen-bond acceptors (Lipinski definition) is 2. The van der Waals surface area contributed by atoms with Crippen LogP contribution >= 0.6 is 0 Å². The molecule has 1 amide bonds. The maximum absolute atomic E-state index is 11.3. The fourth-order valence-corrected chi connectivity index (χ4v) is 2.88. The summed E-state index contributed by atoms with van der Waals surface area (Å²) in [5.74, 6) is -1.08. The lowest BCUT2D eigenvalue weighted by Crippen LogP contribution is -2.41. The maximum Gasteiger partial charge on any atom is 0.326 e. The molecule has 0 bridgehead atoms.